The normalized spacial score (nSPS) is 9.64. The first kappa shape index (κ1) is 12.9. The summed E-state index contributed by atoms with van der Waals surface area (Å²) in [6.07, 6.45) is 1.92. The minimum atomic E-state index is 0.0150. The van der Waals surface area contributed by atoms with Gasteiger partial charge in [-0.05, 0) is 41.5 Å². The van der Waals surface area contributed by atoms with E-state index in [-0.39, 0.29) is 11.9 Å². The maximum atomic E-state index is 11.7. The molecule has 0 aliphatic carbocycles. The van der Waals surface area contributed by atoms with E-state index in [1.165, 1.54) is 0 Å². The Kier molecular flexibility index (Phi) is 5.21. The summed E-state index contributed by atoms with van der Waals surface area (Å²) in [5.41, 5.74) is 2.96. The Morgan fingerprint density at radius 3 is 1.93 bits per heavy atom. The van der Waals surface area contributed by atoms with Gasteiger partial charge in [-0.15, -0.1) is 0 Å². The summed E-state index contributed by atoms with van der Waals surface area (Å²) in [6.45, 7) is 11.8. The minimum Gasteiger partial charge on any atom is -0.350 e. The van der Waals surface area contributed by atoms with E-state index >= 15 is 0 Å². The van der Waals surface area contributed by atoms with Gasteiger partial charge in [0.2, 0.25) is 0 Å². The van der Waals surface area contributed by atoms with Crippen LogP contribution in [0, 0.1) is 0 Å². The second-order valence-corrected chi connectivity index (χ2v) is 4.26. The molecule has 0 aromatic rings. The van der Waals surface area contributed by atoms with Gasteiger partial charge in [-0.3, -0.25) is 4.79 Å². The molecule has 0 fully saturated rings. The van der Waals surface area contributed by atoms with Gasteiger partial charge in [-0.2, -0.15) is 0 Å². The maximum absolute atomic E-state index is 11.7. The Morgan fingerprint density at radius 2 is 1.64 bits per heavy atom. The highest BCUT2D eigenvalue weighted by atomic mass is 16.1. The van der Waals surface area contributed by atoms with Crippen molar-refractivity contribution in [2.24, 2.45) is 0 Å². The smallest absolute Gasteiger partial charge is 0.251 e. The van der Waals surface area contributed by atoms with Gasteiger partial charge in [0.05, 0.1) is 0 Å². The van der Waals surface area contributed by atoms with E-state index in [9.17, 15) is 4.79 Å². The molecule has 2 heteroatoms. The van der Waals surface area contributed by atoms with E-state index in [0.29, 0.717) is 0 Å². The number of allylic oxidation sites excluding steroid dienone is 2. The fourth-order valence-electron chi connectivity index (χ4n) is 1.07. The molecule has 2 nitrogen and oxygen atoms in total. The van der Waals surface area contributed by atoms with Gasteiger partial charge in [0.1, 0.15) is 0 Å². The van der Waals surface area contributed by atoms with Crippen LogP contribution in [0.1, 0.15) is 41.5 Å². The molecule has 0 aromatic carbocycles. The highest BCUT2D eigenvalue weighted by molar-refractivity contribution is 5.97. The number of carbonyl (C=O) groups is 1. The maximum Gasteiger partial charge on any atom is 0.251 e. The number of hydrogen-bond donors (Lipinski definition) is 1. The Balaban J connectivity index is 4.80. The van der Waals surface area contributed by atoms with Crippen molar-refractivity contribution in [2.45, 2.75) is 47.6 Å². The van der Waals surface area contributed by atoms with Crippen LogP contribution in [0.25, 0.3) is 0 Å². The highest BCUT2D eigenvalue weighted by Crippen LogP contribution is 2.08. The lowest BCUT2D eigenvalue weighted by atomic mass is 10.1. The zero-order chi connectivity index (χ0) is 11.3. The van der Waals surface area contributed by atoms with Crippen molar-refractivity contribution in [2.75, 3.05) is 0 Å². The molecule has 80 valence electrons. The molecule has 0 heterocycles. The van der Waals surface area contributed by atoms with Crippen LogP contribution in [0.2, 0.25) is 0 Å². The van der Waals surface area contributed by atoms with Crippen LogP contribution in [0.5, 0.6) is 0 Å². The molecule has 0 rings (SSSR count). The Morgan fingerprint density at radius 1 is 1.14 bits per heavy atom. The monoisotopic (exact) mass is 195 g/mol. The van der Waals surface area contributed by atoms with Crippen LogP contribution in [0.4, 0.5) is 0 Å². The van der Waals surface area contributed by atoms with E-state index in [1.807, 2.05) is 47.6 Å². The van der Waals surface area contributed by atoms with Crippen molar-refractivity contribution in [3.63, 3.8) is 0 Å². The molecular formula is C12H21NO. The zero-order valence-electron chi connectivity index (χ0n) is 10.1. The summed E-state index contributed by atoms with van der Waals surface area (Å²) in [7, 11) is 0. The number of rotatable bonds is 3. The second-order valence-electron chi connectivity index (χ2n) is 4.26. The van der Waals surface area contributed by atoms with Crippen LogP contribution >= 0.6 is 0 Å². The Bertz CT molecular complexity index is 264. The number of nitrogens with one attached hydrogen (secondary N) is 1. The molecule has 1 amide bonds. The van der Waals surface area contributed by atoms with Gasteiger partial charge in [-0.25, -0.2) is 0 Å². The van der Waals surface area contributed by atoms with Crippen LogP contribution in [0.3, 0.4) is 0 Å². The highest BCUT2D eigenvalue weighted by Gasteiger charge is 2.09. The SMILES string of the molecule is CC(C)=CC(C(=O)NC(C)C)=C(C)C. The van der Waals surface area contributed by atoms with Crippen LogP contribution in [0.15, 0.2) is 22.8 Å². The van der Waals surface area contributed by atoms with Crippen molar-refractivity contribution in [3.05, 3.63) is 22.8 Å². The summed E-state index contributed by atoms with van der Waals surface area (Å²) >= 11 is 0. The summed E-state index contributed by atoms with van der Waals surface area (Å²) in [6, 6.07) is 0.183. The first-order chi connectivity index (χ1) is 6.34. The van der Waals surface area contributed by atoms with E-state index in [4.69, 9.17) is 0 Å². The van der Waals surface area contributed by atoms with Crippen molar-refractivity contribution in [1.82, 2.24) is 5.32 Å². The molecule has 0 atom stereocenters. The molecule has 0 spiro atoms. The van der Waals surface area contributed by atoms with E-state index < -0.39 is 0 Å². The molecule has 0 aliphatic rings. The van der Waals surface area contributed by atoms with E-state index in [1.54, 1.807) is 0 Å². The van der Waals surface area contributed by atoms with Gasteiger partial charge in [0.25, 0.3) is 5.91 Å². The third kappa shape index (κ3) is 4.85. The predicted molar refractivity (Wildman–Crippen MR) is 61.1 cm³/mol. The average molecular weight is 195 g/mol. The average Bonchev–Trinajstić information content (AvgIpc) is 1.97. The Labute approximate surface area is 87.1 Å². The summed E-state index contributed by atoms with van der Waals surface area (Å²) in [5.74, 6) is 0.0150. The van der Waals surface area contributed by atoms with Crippen molar-refractivity contribution < 1.29 is 4.79 Å². The summed E-state index contributed by atoms with van der Waals surface area (Å²) < 4.78 is 0. The lowest BCUT2D eigenvalue weighted by Gasteiger charge is -2.10. The lowest BCUT2D eigenvalue weighted by Crippen LogP contribution is -2.31. The molecule has 0 bridgehead atoms. The summed E-state index contributed by atoms with van der Waals surface area (Å²) in [4.78, 5) is 11.7. The van der Waals surface area contributed by atoms with Gasteiger partial charge in [-0.1, -0.05) is 17.2 Å². The van der Waals surface area contributed by atoms with Gasteiger partial charge >= 0.3 is 0 Å². The molecule has 1 N–H and O–H groups in total. The standard InChI is InChI=1S/C12H21NO/c1-8(2)7-11(9(3)4)12(14)13-10(5)6/h7,10H,1-6H3,(H,13,14). The molecule has 14 heavy (non-hydrogen) atoms. The molecule has 0 saturated carbocycles. The molecule has 0 aromatic heterocycles. The number of carbonyl (C=O) groups excluding carboxylic acids is 1. The minimum absolute atomic E-state index is 0.0150. The van der Waals surface area contributed by atoms with Crippen molar-refractivity contribution in [1.29, 1.82) is 0 Å². The lowest BCUT2D eigenvalue weighted by molar-refractivity contribution is -0.117. The topological polar surface area (TPSA) is 29.1 Å². The van der Waals surface area contributed by atoms with Gasteiger partial charge in [0.15, 0.2) is 0 Å². The first-order valence-electron chi connectivity index (χ1n) is 4.97. The van der Waals surface area contributed by atoms with Gasteiger partial charge in [0, 0.05) is 11.6 Å². The van der Waals surface area contributed by atoms with E-state index in [0.717, 1.165) is 16.7 Å². The quantitative estimate of drug-likeness (QED) is 0.544. The third-order valence-electron chi connectivity index (χ3n) is 1.64. The molecule has 0 saturated heterocycles. The fraction of sp³-hybridized carbons (Fsp3) is 0.583. The largest absolute Gasteiger partial charge is 0.350 e. The molecular weight excluding hydrogens is 174 g/mol. The summed E-state index contributed by atoms with van der Waals surface area (Å²) in [5, 5.41) is 2.89. The zero-order valence-corrected chi connectivity index (χ0v) is 10.1. The second kappa shape index (κ2) is 5.63. The van der Waals surface area contributed by atoms with E-state index in [2.05, 4.69) is 5.32 Å². The number of hydrogen-bond acceptors (Lipinski definition) is 1. The van der Waals surface area contributed by atoms with Crippen molar-refractivity contribution in [3.8, 4) is 0 Å². The van der Waals surface area contributed by atoms with Crippen LogP contribution < -0.4 is 5.32 Å². The third-order valence-corrected chi connectivity index (χ3v) is 1.64. The first-order valence-corrected chi connectivity index (χ1v) is 4.97. The van der Waals surface area contributed by atoms with Crippen molar-refractivity contribution >= 4 is 5.91 Å². The molecule has 0 unspecified atom stereocenters. The van der Waals surface area contributed by atoms with Crippen LogP contribution in [-0.4, -0.2) is 11.9 Å². The Hall–Kier alpha value is -1.05. The number of amides is 1. The fourth-order valence-corrected chi connectivity index (χ4v) is 1.07. The van der Waals surface area contributed by atoms with Gasteiger partial charge < -0.3 is 5.32 Å². The predicted octanol–water partition coefficient (Wildman–Crippen LogP) is 2.81. The molecule has 0 aliphatic heterocycles. The molecule has 0 radical (unpaired) electrons. The van der Waals surface area contributed by atoms with Crippen LogP contribution in [-0.2, 0) is 4.79 Å².